The van der Waals surface area contributed by atoms with E-state index in [0.29, 0.717) is 7.92 Å². The van der Waals surface area contributed by atoms with Gasteiger partial charge in [0.1, 0.15) is 0 Å². The molecule has 0 nitrogen and oxygen atoms in total. The molecule has 0 saturated carbocycles. The third-order valence-electron chi connectivity index (χ3n) is 0. The van der Waals surface area contributed by atoms with Crippen molar-refractivity contribution in [3.8, 4) is 0 Å². The Morgan fingerprint density at radius 1 is 1.00 bits per heavy atom. The topological polar surface area (TPSA) is 0 Å². The minimum atomic E-state index is -1.66. The first-order valence-corrected chi connectivity index (χ1v) is 10.7. The van der Waals surface area contributed by atoms with E-state index in [-0.39, 0.29) is 0 Å². The molecule has 0 aromatic heterocycles. The van der Waals surface area contributed by atoms with E-state index in [9.17, 15) is 0 Å². The molecule has 0 aliphatic rings. The monoisotopic (exact) mass is 284 g/mol. The Kier molecular flexibility index (Phi) is 14.0. The fourth-order valence-electron chi connectivity index (χ4n) is 0. The van der Waals surface area contributed by atoms with Gasteiger partial charge in [-0.3, -0.25) is 0 Å². The van der Waals surface area contributed by atoms with Gasteiger partial charge in [-0.25, -0.2) is 0 Å². The molecule has 8 heavy (non-hydrogen) atoms. The number of halogens is 3. The minimum absolute atomic E-state index is 0.380. The van der Waals surface area contributed by atoms with Gasteiger partial charge < -0.3 is 0 Å². The molecule has 0 atom stereocenters. The van der Waals surface area contributed by atoms with Crippen LogP contribution < -0.4 is 0 Å². The molecule has 0 fully saturated rings. The van der Waals surface area contributed by atoms with Gasteiger partial charge in [-0.15, -0.1) is 7.92 Å². The molecular weight excluding hydrogens is 276 g/mol. The maximum atomic E-state index is 4.94. The van der Waals surface area contributed by atoms with Crippen molar-refractivity contribution in [1.29, 1.82) is 0 Å². The Morgan fingerprint density at radius 2 is 1.00 bits per heavy atom. The van der Waals surface area contributed by atoms with E-state index in [4.69, 9.17) is 29.1 Å². The van der Waals surface area contributed by atoms with Crippen molar-refractivity contribution < 1.29 is 13.0 Å². The summed E-state index contributed by atoms with van der Waals surface area (Å²) in [6, 6.07) is 0. The predicted octanol–water partition coefficient (Wildman–Crippen LogP) is 3.42. The van der Waals surface area contributed by atoms with Crippen molar-refractivity contribution >= 4 is 37.0 Å². The molecular formula is C3H9Cl3PRh. The summed E-state index contributed by atoms with van der Waals surface area (Å²) in [5.41, 5.74) is 0. The predicted molar refractivity (Wildman–Crippen MR) is 42.3 cm³/mol. The van der Waals surface area contributed by atoms with Gasteiger partial charge in [0.15, 0.2) is 0 Å². The van der Waals surface area contributed by atoms with Gasteiger partial charge in [-0.05, 0) is 20.0 Å². The zero-order valence-electron chi connectivity index (χ0n) is 4.91. The summed E-state index contributed by atoms with van der Waals surface area (Å²) in [5, 5.41) is 0. The molecule has 0 saturated heterocycles. The molecule has 0 heterocycles. The Labute approximate surface area is 69.7 Å². The van der Waals surface area contributed by atoms with Crippen molar-refractivity contribution in [3.05, 3.63) is 0 Å². The third-order valence-corrected chi connectivity index (χ3v) is 0. The Balaban J connectivity index is 0. The van der Waals surface area contributed by atoms with E-state index in [2.05, 4.69) is 20.0 Å². The first-order valence-electron chi connectivity index (χ1n) is 1.72. The number of hydrogen-bond acceptors (Lipinski definition) is 0. The fraction of sp³-hybridized carbons (Fsp3) is 1.00. The summed E-state index contributed by atoms with van der Waals surface area (Å²) in [6.07, 6.45) is 0. The quantitative estimate of drug-likeness (QED) is 0.472. The molecule has 0 radical (unpaired) electrons. The molecule has 0 bridgehead atoms. The summed E-state index contributed by atoms with van der Waals surface area (Å²) in [6.45, 7) is 6.69. The average Bonchev–Trinajstić information content (AvgIpc) is 1.25. The van der Waals surface area contributed by atoms with Crippen molar-refractivity contribution in [2.75, 3.05) is 20.0 Å². The Morgan fingerprint density at radius 3 is 1.00 bits per heavy atom. The molecule has 0 aliphatic carbocycles. The number of hydrogen-bond donors (Lipinski definition) is 0. The molecule has 5 heteroatoms. The molecule has 56 valence electrons. The van der Waals surface area contributed by atoms with Crippen LogP contribution >= 0.6 is 37.0 Å². The molecule has 0 rings (SSSR count). The first-order chi connectivity index (χ1) is 3.46. The summed E-state index contributed by atoms with van der Waals surface area (Å²) in [7, 11) is 15.2. The summed E-state index contributed by atoms with van der Waals surface area (Å²) in [5.74, 6) is 0. The van der Waals surface area contributed by atoms with Gasteiger partial charge in [0.05, 0.1) is 0 Å². The van der Waals surface area contributed by atoms with Gasteiger partial charge in [0.2, 0.25) is 0 Å². The second-order valence-corrected chi connectivity index (χ2v) is 11.6. The van der Waals surface area contributed by atoms with Crippen molar-refractivity contribution in [2.24, 2.45) is 0 Å². The van der Waals surface area contributed by atoms with Crippen molar-refractivity contribution in [2.45, 2.75) is 0 Å². The van der Waals surface area contributed by atoms with E-state index in [1.54, 1.807) is 0 Å². The van der Waals surface area contributed by atoms with Crippen LogP contribution in [0.15, 0.2) is 0 Å². The fourth-order valence-corrected chi connectivity index (χ4v) is 0. The summed E-state index contributed by atoms with van der Waals surface area (Å²) in [4.78, 5) is 0. The molecule has 0 aromatic carbocycles. The average molecular weight is 285 g/mol. The third kappa shape index (κ3) is 103. The SMILES string of the molecule is CP(C)C.[Cl][Rh]([Cl])[Cl]. The van der Waals surface area contributed by atoms with Crippen molar-refractivity contribution in [1.82, 2.24) is 0 Å². The molecule has 0 aliphatic heterocycles. The second kappa shape index (κ2) is 8.92. The normalized spacial score (nSPS) is 10.1. The molecule has 0 N–H and O–H groups in total. The molecule has 0 amide bonds. The van der Waals surface area contributed by atoms with Crippen LogP contribution in [-0.2, 0) is 13.0 Å². The number of rotatable bonds is 0. The summed E-state index contributed by atoms with van der Waals surface area (Å²) < 4.78 is 0. The van der Waals surface area contributed by atoms with Crippen LogP contribution in [0.25, 0.3) is 0 Å². The van der Waals surface area contributed by atoms with E-state index in [1.165, 1.54) is 0 Å². The molecule has 0 spiro atoms. The standard InChI is InChI=1S/C3H9P.3ClH.Rh/c1-4(2)3;;;;/h1-3H3;3*1H;/q;;;;+3/p-3. The van der Waals surface area contributed by atoms with Gasteiger partial charge in [0, 0.05) is 0 Å². The Hall–Kier alpha value is 1.92. The van der Waals surface area contributed by atoms with E-state index >= 15 is 0 Å². The van der Waals surface area contributed by atoms with Crippen LogP contribution in [0, 0.1) is 0 Å². The van der Waals surface area contributed by atoms with E-state index in [0.717, 1.165) is 0 Å². The maximum absolute atomic E-state index is 4.94. The van der Waals surface area contributed by atoms with Gasteiger partial charge in [-0.1, -0.05) is 0 Å². The molecule has 0 aromatic rings. The zero-order valence-corrected chi connectivity index (χ0v) is 9.72. The van der Waals surface area contributed by atoms with Crippen LogP contribution in [0.3, 0.4) is 0 Å². The second-order valence-electron chi connectivity index (χ2n) is 1.48. The zero-order chi connectivity index (χ0) is 7.15. The van der Waals surface area contributed by atoms with Gasteiger partial charge >= 0.3 is 42.1 Å². The van der Waals surface area contributed by atoms with Crippen LogP contribution in [0.4, 0.5) is 0 Å². The molecule has 0 unspecified atom stereocenters. The van der Waals surface area contributed by atoms with Crippen LogP contribution in [-0.4, -0.2) is 20.0 Å². The first kappa shape index (κ1) is 12.6. The Bertz CT molecular complexity index is 30.0. The van der Waals surface area contributed by atoms with E-state index in [1.807, 2.05) is 0 Å². The summed E-state index contributed by atoms with van der Waals surface area (Å²) >= 11 is -1.66. The van der Waals surface area contributed by atoms with Crippen molar-refractivity contribution in [3.63, 3.8) is 0 Å². The van der Waals surface area contributed by atoms with Gasteiger partial charge in [-0.2, -0.15) is 0 Å². The van der Waals surface area contributed by atoms with Crippen LogP contribution in [0.5, 0.6) is 0 Å². The van der Waals surface area contributed by atoms with Crippen LogP contribution in [0.1, 0.15) is 0 Å². The van der Waals surface area contributed by atoms with Crippen LogP contribution in [0.2, 0.25) is 0 Å². The van der Waals surface area contributed by atoms with E-state index < -0.39 is 13.0 Å². The van der Waals surface area contributed by atoms with Gasteiger partial charge in [0.25, 0.3) is 0 Å².